The minimum atomic E-state index is -0.374. The van der Waals surface area contributed by atoms with E-state index in [1.807, 2.05) is 0 Å². The van der Waals surface area contributed by atoms with Gasteiger partial charge in [-0.3, -0.25) is 19.3 Å². The Hall–Kier alpha value is -3.35. The van der Waals surface area contributed by atoms with Crippen molar-refractivity contribution >= 4 is 23.4 Å². The number of nitrogens with zero attached hydrogens (tertiary/aromatic N) is 1. The molecule has 2 aromatic carbocycles. The molecule has 7 nitrogen and oxygen atoms in total. The number of carbonyl (C=O) groups excluding carboxylic acids is 3. The Balaban J connectivity index is 1.74. The van der Waals surface area contributed by atoms with E-state index in [0.29, 0.717) is 28.3 Å². The van der Waals surface area contributed by atoms with Crippen LogP contribution >= 0.6 is 0 Å². The highest BCUT2D eigenvalue weighted by molar-refractivity contribution is 6.21. The molecule has 134 valence electrons. The van der Waals surface area contributed by atoms with Crippen molar-refractivity contribution in [3.05, 3.63) is 53.1 Å². The number of rotatable bonds is 5. The Morgan fingerprint density at radius 3 is 2.35 bits per heavy atom. The number of methoxy groups -OCH3 is 2. The van der Waals surface area contributed by atoms with Crippen molar-refractivity contribution in [2.24, 2.45) is 0 Å². The third-order valence-electron chi connectivity index (χ3n) is 4.19. The molecular formula is C19H18N2O5. The lowest BCUT2D eigenvalue weighted by atomic mass is 10.1. The van der Waals surface area contributed by atoms with Gasteiger partial charge in [-0.15, -0.1) is 0 Å². The van der Waals surface area contributed by atoms with Gasteiger partial charge in [0.05, 0.1) is 31.8 Å². The number of ether oxygens (including phenoxy) is 2. The number of carbonyl (C=O) groups is 3. The fraction of sp³-hybridized carbons (Fsp3) is 0.211. The van der Waals surface area contributed by atoms with E-state index in [1.165, 1.54) is 20.2 Å². The smallest absolute Gasteiger partial charge is 0.261 e. The second kappa shape index (κ2) is 6.87. The largest absolute Gasteiger partial charge is 0.493 e. The van der Waals surface area contributed by atoms with Crippen LogP contribution in [0.5, 0.6) is 11.5 Å². The first kappa shape index (κ1) is 17.5. The van der Waals surface area contributed by atoms with Gasteiger partial charge in [0.2, 0.25) is 5.91 Å². The Kier molecular flexibility index (Phi) is 4.62. The summed E-state index contributed by atoms with van der Waals surface area (Å²) in [5.41, 5.74) is 1.86. The molecule has 1 N–H and O–H groups in total. The van der Waals surface area contributed by atoms with Crippen LogP contribution in [-0.4, -0.2) is 43.9 Å². The quantitative estimate of drug-likeness (QED) is 0.832. The fourth-order valence-corrected chi connectivity index (χ4v) is 2.82. The first-order valence-electron chi connectivity index (χ1n) is 7.91. The molecule has 0 aromatic heterocycles. The molecule has 0 radical (unpaired) electrons. The summed E-state index contributed by atoms with van der Waals surface area (Å²) < 4.78 is 10.4. The van der Waals surface area contributed by atoms with E-state index in [-0.39, 0.29) is 24.1 Å². The van der Waals surface area contributed by atoms with E-state index in [2.05, 4.69) is 5.32 Å². The van der Waals surface area contributed by atoms with Crippen molar-refractivity contribution in [3.63, 3.8) is 0 Å². The molecule has 2 aromatic rings. The molecule has 26 heavy (non-hydrogen) atoms. The first-order chi connectivity index (χ1) is 12.4. The second-order valence-electron chi connectivity index (χ2n) is 5.84. The van der Waals surface area contributed by atoms with Crippen LogP contribution in [0.4, 0.5) is 5.69 Å². The van der Waals surface area contributed by atoms with E-state index in [1.54, 1.807) is 37.4 Å². The molecular weight excluding hydrogens is 336 g/mol. The lowest BCUT2D eigenvalue weighted by Crippen LogP contribution is -2.24. The summed E-state index contributed by atoms with van der Waals surface area (Å²) in [5.74, 6) is 0.168. The molecule has 0 saturated heterocycles. The number of nitrogens with one attached hydrogen (secondary N) is 1. The minimum Gasteiger partial charge on any atom is -0.493 e. The average Bonchev–Trinajstić information content (AvgIpc) is 2.85. The Labute approximate surface area is 150 Å². The van der Waals surface area contributed by atoms with Crippen LogP contribution in [0.15, 0.2) is 36.4 Å². The van der Waals surface area contributed by atoms with E-state index < -0.39 is 0 Å². The van der Waals surface area contributed by atoms with Crippen molar-refractivity contribution in [2.75, 3.05) is 26.6 Å². The summed E-state index contributed by atoms with van der Waals surface area (Å²) in [6.45, 7) is 0. The molecule has 0 atom stereocenters. The Morgan fingerprint density at radius 2 is 1.65 bits per heavy atom. The summed E-state index contributed by atoms with van der Waals surface area (Å²) in [6.07, 6.45) is 0.129. The lowest BCUT2D eigenvalue weighted by Gasteiger charge is -2.10. The number of imide groups is 1. The molecule has 1 heterocycles. The molecule has 3 rings (SSSR count). The molecule has 0 fully saturated rings. The highest BCUT2D eigenvalue weighted by Crippen LogP contribution is 2.28. The van der Waals surface area contributed by atoms with Crippen LogP contribution in [0.1, 0.15) is 26.3 Å². The van der Waals surface area contributed by atoms with E-state index >= 15 is 0 Å². The predicted molar refractivity (Wildman–Crippen MR) is 94.7 cm³/mol. The standard InChI is InChI=1S/C19H18N2O5/c1-21-18(23)13-6-5-12(10-14(13)19(21)24)20-17(22)9-11-4-7-15(25-2)16(8-11)26-3/h4-8,10H,9H2,1-3H3,(H,20,22). The van der Waals surface area contributed by atoms with Crippen molar-refractivity contribution in [3.8, 4) is 11.5 Å². The summed E-state index contributed by atoms with van der Waals surface area (Å²) in [5, 5.41) is 2.74. The zero-order valence-corrected chi connectivity index (χ0v) is 14.7. The van der Waals surface area contributed by atoms with Gasteiger partial charge < -0.3 is 14.8 Å². The van der Waals surface area contributed by atoms with E-state index in [4.69, 9.17) is 9.47 Å². The molecule has 0 aliphatic carbocycles. The maximum absolute atomic E-state index is 12.3. The average molecular weight is 354 g/mol. The normalized spacial score (nSPS) is 12.8. The zero-order valence-electron chi connectivity index (χ0n) is 14.7. The van der Waals surface area contributed by atoms with Crippen molar-refractivity contribution < 1.29 is 23.9 Å². The molecule has 0 spiro atoms. The topological polar surface area (TPSA) is 84.9 Å². The second-order valence-corrected chi connectivity index (χ2v) is 5.84. The monoisotopic (exact) mass is 354 g/mol. The fourth-order valence-electron chi connectivity index (χ4n) is 2.82. The highest BCUT2D eigenvalue weighted by atomic mass is 16.5. The van der Waals surface area contributed by atoms with Crippen LogP contribution in [0, 0.1) is 0 Å². The summed E-state index contributed by atoms with van der Waals surface area (Å²) in [7, 11) is 4.50. The third kappa shape index (κ3) is 3.11. The number of fused-ring (bicyclic) bond motifs is 1. The van der Waals surface area contributed by atoms with Crippen molar-refractivity contribution in [1.82, 2.24) is 4.90 Å². The lowest BCUT2D eigenvalue weighted by molar-refractivity contribution is -0.115. The molecule has 3 amide bonds. The maximum Gasteiger partial charge on any atom is 0.261 e. The number of hydrogen-bond donors (Lipinski definition) is 1. The summed E-state index contributed by atoms with van der Waals surface area (Å²) >= 11 is 0. The predicted octanol–water partition coefficient (Wildman–Crippen LogP) is 2.11. The van der Waals surface area contributed by atoms with Gasteiger partial charge >= 0.3 is 0 Å². The van der Waals surface area contributed by atoms with Gasteiger partial charge in [-0.1, -0.05) is 6.07 Å². The van der Waals surface area contributed by atoms with Gasteiger partial charge in [0, 0.05) is 12.7 Å². The van der Waals surface area contributed by atoms with Crippen molar-refractivity contribution in [2.45, 2.75) is 6.42 Å². The van der Waals surface area contributed by atoms with Crippen LogP contribution < -0.4 is 14.8 Å². The first-order valence-corrected chi connectivity index (χ1v) is 7.91. The van der Waals surface area contributed by atoms with Crippen molar-refractivity contribution in [1.29, 1.82) is 0 Å². The number of benzene rings is 2. The van der Waals surface area contributed by atoms with Gasteiger partial charge in [-0.2, -0.15) is 0 Å². The van der Waals surface area contributed by atoms with Gasteiger partial charge in [0.1, 0.15) is 0 Å². The van der Waals surface area contributed by atoms with Crippen LogP contribution in [0.3, 0.4) is 0 Å². The van der Waals surface area contributed by atoms with Gasteiger partial charge in [-0.05, 0) is 35.9 Å². The Bertz CT molecular complexity index is 907. The molecule has 0 bridgehead atoms. The van der Waals surface area contributed by atoms with Gasteiger partial charge in [-0.25, -0.2) is 0 Å². The SMILES string of the molecule is COc1ccc(CC(=O)Nc2ccc3c(c2)C(=O)N(C)C3=O)cc1OC. The summed E-state index contributed by atoms with van der Waals surface area (Å²) in [4.78, 5) is 37.3. The maximum atomic E-state index is 12.3. The van der Waals surface area contributed by atoms with E-state index in [9.17, 15) is 14.4 Å². The molecule has 0 saturated carbocycles. The molecule has 1 aliphatic heterocycles. The number of hydrogen-bond acceptors (Lipinski definition) is 5. The van der Waals surface area contributed by atoms with Crippen LogP contribution in [0.2, 0.25) is 0 Å². The molecule has 1 aliphatic rings. The number of amides is 3. The Morgan fingerprint density at radius 1 is 0.962 bits per heavy atom. The van der Waals surface area contributed by atoms with Gasteiger partial charge in [0.25, 0.3) is 11.8 Å². The van der Waals surface area contributed by atoms with E-state index in [0.717, 1.165) is 10.5 Å². The zero-order chi connectivity index (χ0) is 18.8. The third-order valence-corrected chi connectivity index (χ3v) is 4.19. The number of anilines is 1. The molecule has 0 unspecified atom stereocenters. The summed E-state index contributed by atoms with van der Waals surface area (Å²) in [6, 6.07) is 9.92. The van der Waals surface area contributed by atoms with Gasteiger partial charge in [0.15, 0.2) is 11.5 Å². The minimum absolute atomic E-state index is 0.129. The highest BCUT2D eigenvalue weighted by Gasteiger charge is 2.32. The van der Waals surface area contributed by atoms with Crippen LogP contribution in [-0.2, 0) is 11.2 Å². The molecule has 7 heteroatoms. The van der Waals surface area contributed by atoms with Crippen LogP contribution in [0.25, 0.3) is 0 Å².